The van der Waals surface area contributed by atoms with Crippen LogP contribution in [0.2, 0.25) is 0 Å². The molecule has 0 spiro atoms. The number of ether oxygens (including phenoxy) is 2. The predicted octanol–water partition coefficient (Wildman–Crippen LogP) is 5.13. The van der Waals surface area contributed by atoms with Crippen LogP contribution >= 0.6 is 0 Å². The van der Waals surface area contributed by atoms with Crippen molar-refractivity contribution >= 4 is 0 Å². The average molecular weight is 347 g/mol. The van der Waals surface area contributed by atoms with Gasteiger partial charge in [0, 0.05) is 18.2 Å². The summed E-state index contributed by atoms with van der Waals surface area (Å²) in [6, 6.07) is 26.8. The van der Waals surface area contributed by atoms with Gasteiger partial charge in [0.25, 0.3) is 0 Å². The molecule has 0 fully saturated rings. The van der Waals surface area contributed by atoms with Crippen LogP contribution in [0, 0.1) is 0 Å². The lowest BCUT2D eigenvalue weighted by Gasteiger charge is -2.17. The summed E-state index contributed by atoms with van der Waals surface area (Å²) in [6.45, 7) is 3.52. The van der Waals surface area contributed by atoms with Gasteiger partial charge in [-0.25, -0.2) is 0 Å². The van der Waals surface area contributed by atoms with Crippen molar-refractivity contribution in [2.45, 2.75) is 26.1 Å². The van der Waals surface area contributed by atoms with Crippen molar-refractivity contribution in [1.82, 2.24) is 5.32 Å². The second kappa shape index (κ2) is 9.07. The van der Waals surface area contributed by atoms with Crippen molar-refractivity contribution in [3.8, 4) is 11.5 Å². The van der Waals surface area contributed by atoms with Gasteiger partial charge in [-0.15, -0.1) is 0 Å². The lowest BCUT2D eigenvalue weighted by Crippen LogP contribution is -2.18. The van der Waals surface area contributed by atoms with Gasteiger partial charge < -0.3 is 14.8 Å². The van der Waals surface area contributed by atoms with Crippen molar-refractivity contribution in [2.75, 3.05) is 7.11 Å². The number of rotatable bonds is 8. The van der Waals surface area contributed by atoms with E-state index < -0.39 is 0 Å². The van der Waals surface area contributed by atoms with Crippen molar-refractivity contribution < 1.29 is 9.47 Å². The molecular formula is C23H25NO2. The highest BCUT2D eigenvalue weighted by Gasteiger charge is 2.10. The Morgan fingerprint density at radius 3 is 2.23 bits per heavy atom. The van der Waals surface area contributed by atoms with Crippen molar-refractivity contribution in [3.05, 3.63) is 95.6 Å². The van der Waals surface area contributed by atoms with Gasteiger partial charge in [0.1, 0.15) is 18.1 Å². The molecule has 3 aromatic carbocycles. The molecule has 1 N–H and O–H groups in total. The molecule has 1 unspecified atom stereocenters. The van der Waals surface area contributed by atoms with E-state index >= 15 is 0 Å². The molecule has 3 nitrogen and oxygen atoms in total. The van der Waals surface area contributed by atoms with E-state index in [9.17, 15) is 0 Å². The van der Waals surface area contributed by atoms with Gasteiger partial charge >= 0.3 is 0 Å². The smallest absolute Gasteiger partial charge is 0.123 e. The summed E-state index contributed by atoms with van der Waals surface area (Å²) in [5, 5.41) is 3.55. The lowest BCUT2D eigenvalue weighted by atomic mass is 10.1. The fraction of sp³-hybridized carbons (Fsp3) is 0.217. The predicted molar refractivity (Wildman–Crippen MR) is 105 cm³/mol. The first-order valence-electron chi connectivity index (χ1n) is 8.88. The first-order valence-corrected chi connectivity index (χ1v) is 8.88. The number of nitrogens with one attached hydrogen (secondary N) is 1. The molecule has 134 valence electrons. The van der Waals surface area contributed by atoms with Gasteiger partial charge in [0.15, 0.2) is 0 Å². The molecule has 3 aromatic rings. The number of benzene rings is 3. The molecular weight excluding hydrogens is 322 g/mol. The number of para-hydroxylation sites is 1. The van der Waals surface area contributed by atoms with E-state index in [0.29, 0.717) is 6.61 Å². The van der Waals surface area contributed by atoms with E-state index in [1.54, 1.807) is 7.11 Å². The average Bonchev–Trinajstić information content (AvgIpc) is 2.72. The molecule has 0 bridgehead atoms. The van der Waals surface area contributed by atoms with E-state index in [4.69, 9.17) is 9.47 Å². The third-order valence-electron chi connectivity index (χ3n) is 4.39. The molecule has 0 aromatic heterocycles. The van der Waals surface area contributed by atoms with Gasteiger partial charge in [0.05, 0.1) is 7.11 Å². The Bertz CT molecular complexity index is 800. The van der Waals surface area contributed by atoms with E-state index in [0.717, 1.165) is 23.6 Å². The summed E-state index contributed by atoms with van der Waals surface area (Å²) in [7, 11) is 1.71. The topological polar surface area (TPSA) is 30.5 Å². The maximum atomic E-state index is 5.84. The third kappa shape index (κ3) is 4.87. The summed E-state index contributed by atoms with van der Waals surface area (Å²) in [6.07, 6.45) is 0. The van der Waals surface area contributed by atoms with Crippen molar-refractivity contribution in [3.63, 3.8) is 0 Å². The van der Waals surface area contributed by atoms with Crippen LogP contribution in [0.3, 0.4) is 0 Å². The molecule has 0 aliphatic heterocycles. The van der Waals surface area contributed by atoms with Crippen molar-refractivity contribution in [1.29, 1.82) is 0 Å². The van der Waals surface area contributed by atoms with Crippen LogP contribution in [0.4, 0.5) is 0 Å². The van der Waals surface area contributed by atoms with Crippen LogP contribution in [0.5, 0.6) is 11.5 Å². The maximum absolute atomic E-state index is 5.84. The lowest BCUT2D eigenvalue weighted by molar-refractivity contribution is 0.306. The quantitative estimate of drug-likeness (QED) is 0.613. The molecule has 1 atom stereocenters. The van der Waals surface area contributed by atoms with Gasteiger partial charge in [-0.1, -0.05) is 60.7 Å². The van der Waals surface area contributed by atoms with Gasteiger partial charge in [-0.2, -0.15) is 0 Å². The number of hydrogen-bond acceptors (Lipinski definition) is 3. The van der Waals surface area contributed by atoms with Crippen LogP contribution in [0.15, 0.2) is 78.9 Å². The van der Waals surface area contributed by atoms with E-state index in [1.807, 2.05) is 48.5 Å². The Morgan fingerprint density at radius 2 is 1.50 bits per heavy atom. The van der Waals surface area contributed by atoms with Crippen LogP contribution in [0.25, 0.3) is 0 Å². The highest BCUT2D eigenvalue weighted by Crippen LogP contribution is 2.24. The molecule has 0 aliphatic rings. The summed E-state index contributed by atoms with van der Waals surface area (Å²) < 4.78 is 11.3. The zero-order valence-electron chi connectivity index (χ0n) is 15.3. The zero-order chi connectivity index (χ0) is 18.2. The van der Waals surface area contributed by atoms with Crippen LogP contribution in [0.1, 0.15) is 29.7 Å². The minimum atomic E-state index is 0.208. The Hall–Kier alpha value is -2.78. The molecule has 0 saturated heterocycles. The normalized spacial score (nSPS) is 11.8. The largest absolute Gasteiger partial charge is 0.496 e. The van der Waals surface area contributed by atoms with Crippen molar-refractivity contribution in [2.24, 2.45) is 0 Å². The monoisotopic (exact) mass is 347 g/mol. The second-order valence-corrected chi connectivity index (χ2v) is 6.26. The van der Waals surface area contributed by atoms with Gasteiger partial charge in [-0.05, 0) is 36.2 Å². The molecule has 0 radical (unpaired) electrons. The molecule has 26 heavy (non-hydrogen) atoms. The summed E-state index contributed by atoms with van der Waals surface area (Å²) in [5.41, 5.74) is 3.56. The third-order valence-corrected chi connectivity index (χ3v) is 4.39. The number of methoxy groups -OCH3 is 1. The van der Waals surface area contributed by atoms with E-state index in [2.05, 4.69) is 42.6 Å². The molecule has 3 rings (SSSR count). The number of hydrogen-bond donors (Lipinski definition) is 1. The van der Waals surface area contributed by atoms with Gasteiger partial charge in [-0.3, -0.25) is 0 Å². The van der Waals surface area contributed by atoms with E-state index in [-0.39, 0.29) is 6.04 Å². The molecule has 0 amide bonds. The highest BCUT2D eigenvalue weighted by atomic mass is 16.5. The minimum Gasteiger partial charge on any atom is -0.496 e. The fourth-order valence-electron chi connectivity index (χ4n) is 2.85. The minimum absolute atomic E-state index is 0.208. The fourth-order valence-corrected chi connectivity index (χ4v) is 2.85. The molecule has 0 aliphatic carbocycles. The second-order valence-electron chi connectivity index (χ2n) is 6.26. The van der Waals surface area contributed by atoms with Crippen LogP contribution < -0.4 is 14.8 Å². The van der Waals surface area contributed by atoms with Crippen LogP contribution in [-0.2, 0) is 13.2 Å². The zero-order valence-corrected chi connectivity index (χ0v) is 15.3. The SMILES string of the molecule is COc1ccccc1C(C)NCc1ccc(OCc2ccccc2)cc1. The first kappa shape index (κ1) is 18.0. The van der Waals surface area contributed by atoms with Gasteiger partial charge in [0.2, 0.25) is 0 Å². The Kier molecular flexibility index (Phi) is 6.29. The van der Waals surface area contributed by atoms with E-state index in [1.165, 1.54) is 11.1 Å². The standard InChI is InChI=1S/C23H25NO2/c1-18(22-10-6-7-11-23(22)25-2)24-16-19-12-14-21(15-13-19)26-17-20-8-4-3-5-9-20/h3-15,18,24H,16-17H2,1-2H3. The Balaban J connectivity index is 1.52. The Labute approximate surface area is 155 Å². The first-order chi connectivity index (χ1) is 12.8. The van der Waals surface area contributed by atoms with Crippen LogP contribution in [-0.4, -0.2) is 7.11 Å². The molecule has 0 heterocycles. The maximum Gasteiger partial charge on any atom is 0.123 e. The molecule has 3 heteroatoms. The summed E-state index contributed by atoms with van der Waals surface area (Å²) in [4.78, 5) is 0. The summed E-state index contributed by atoms with van der Waals surface area (Å²) in [5.74, 6) is 1.80. The highest BCUT2D eigenvalue weighted by molar-refractivity contribution is 5.35. The summed E-state index contributed by atoms with van der Waals surface area (Å²) >= 11 is 0. The Morgan fingerprint density at radius 1 is 0.808 bits per heavy atom. The molecule has 0 saturated carbocycles.